The van der Waals surface area contributed by atoms with Gasteiger partial charge in [0.2, 0.25) is 0 Å². The first-order valence-electron chi connectivity index (χ1n) is 6.81. The maximum atomic E-state index is 12.0. The minimum Gasteiger partial charge on any atom is -0.483 e. The van der Waals surface area contributed by atoms with Gasteiger partial charge in [-0.25, -0.2) is 0 Å². The van der Waals surface area contributed by atoms with Crippen molar-refractivity contribution in [3.8, 4) is 5.75 Å². The van der Waals surface area contributed by atoms with E-state index in [0.29, 0.717) is 15.9 Å². The number of hydrogen-bond acceptors (Lipinski definition) is 4. The van der Waals surface area contributed by atoms with Gasteiger partial charge in [0.15, 0.2) is 6.61 Å². The van der Waals surface area contributed by atoms with Crippen molar-refractivity contribution in [2.45, 2.75) is 13.8 Å². The molecular weight excluding hydrogens is 364 g/mol. The molecule has 0 aliphatic rings. The molecule has 120 valence electrons. The van der Waals surface area contributed by atoms with Crippen LogP contribution in [-0.2, 0) is 4.79 Å². The average molecular weight is 379 g/mol. The van der Waals surface area contributed by atoms with Gasteiger partial charge in [-0.3, -0.25) is 14.9 Å². The fraction of sp³-hybridized carbons (Fsp3) is 0.188. The Morgan fingerprint density at radius 3 is 2.74 bits per heavy atom. The second-order valence-corrected chi connectivity index (χ2v) is 5.81. The number of hydrogen-bond donors (Lipinski definition) is 1. The van der Waals surface area contributed by atoms with Crippen LogP contribution < -0.4 is 10.1 Å². The van der Waals surface area contributed by atoms with Gasteiger partial charge in [-0.2, -0.15) is 0 Å². The highest BCUT2D eigenvalue weighted by Gasteiger charge is 2.12. The third-order valence-electron chi connectivity index (χ3n) is 3.35. The number of non-ortho nitro benzene ring substituents is 1. The van der Waals surface area contributed by atoms with Crippen LogP contribution in [0.1, 0.15) is 11.1 Å². The van der Waals surface area contributed by atoms with Crippen LogP contribution in [-0.4, -0.2) is 17.4 Å². The van der Waals surface area contributed by atoms with Gasteiger partial charge in [0.1, 0.15) is 5.75 Å². The van der Waals surface area contributed by atoms with Crippen molar-refractivity contribution < 1.29 is 14.5 Å². The molecule has 1 amide bonds. The van der Waals surface area contributed by atoms with Crippen LogP contribution in [0.25, 0.3) is 0 Å². The minimum atomic E-state index is -0.519. The maximum absolute atomic E-state index is 12.0. The van der Waals surface area contributed by atoms with Gasteiger partial charge in [-0.05, 0) is 53.0 Å². The normalized spacial score (nSPS) is 10.2. The third-order valence-corrected chi connectivity index (χ3v) is 4.04. The number of benzene rings is 2. The molecule has 0 unspecified atom stereocenters. The number of halogens is 1. The van der Waals surface area contributed by atoms with E-state index >= 15 is 0 Å². The summed E-state index contributed by atoms with van der Waals surface area (Å²) in [7, 11) is 0. The summed E-state index contributed by atoms with van der Waals surface area (Å²) in [5.41, 5.74) is 2.27. The number of nitrogens with zero attached hydrogens (tertiary/aromatic N) is 1. The van der Waals surface area contributed by atoms with Crippen LogP contribution in [0, 0.1) is 24.0 Å². The second-order valence-electron chi connectivity index (χ2n) is 4.96. The molecule has 0 saturated heterocycles. The molecule has 1 N–H and O–H groups in total. The van der Waals surface area contributed by atoms with E-state index in [1.54, 1.807) is 6.07 Å². The van der Waals surface area contributed by atoms with Crippen LogP contribution in [0.3, 0.4) is 0 Å². The van der Waals surface area contributed by atoms with E-state index < -0.39 is 10.8 Å². The molecule has 0 heterocycles. The van der Waals surface area contributed by atoms with E-state index in [1.807, 2.05) is 26.0 Å². The lowest BCUT2D eigenvalue weighted by molar-refractivity contribution is -0.384. The quantitative estimate of drug-likeness (QED) is 0.629. The molecule has 0 saturated carbocycles. The van der Waals surface area contributed by atoms with Crippen molar-refractivity contribution in [3.05, 3.63) is 62.1 Å². The molecular formula is C16H15BrN2O4. The number of carbonyl (C=O) groups is 1. The zero-order valence-electron chi connectivity index (χ0n) is 12.6. The van der Waals surface area contributed by atoms with Crippen LogP contribution in [0.5, 0.6) is 5.75 Å². The van der Waals surface area contributed by atoms with Gasteiger partial charge in [0.05, 0.1) is 10.6 Å². The first kappa shape index (κ1) is 17.0. The standard InChI is InChI=1S/C16H15BrN2O4/c1-10-4-3-5-15(11(10)2)23-9-16(20)18-14-8-12(19(21)22)6-7-13(14)17/h3-8H,9H2,1-2H3,(H,18,20). The number of nitro groups is 1. The zero-order valence-corrected chi connectivity index (χ0v) is 14.2. The predicted octanol–water partition coefficient (Wildman–Crippen LogP) is 3.99. The van der Waals surface area contributed by atoms with E-state index in [2.05, 4.69) is 21.2 Å². The highest BCUT2D eigenvalue weighted by atomic mass is 79.9. The molecule has 2 aromatic rings. The number of carbonyl (C=O) groups excluding carboxylic acids is 1. The number of aryl methyl sites for hydroxylation is 1. The molecule has 0 fully saturated rings. The van der Waals surface area contributed by atoms with E-state index in [1.165, 1.54) is 18.2 Å². The molecule has 0 spiro atoms. The first-order chi connectivity index (χ1) is 10.9. The van der Waals surface area contributed by atoms with Crippen LogP contribution >= 0.6 is 15.9 Å². The summed E-state index contributed by atoms with van der Waals surface area (Å²) in [4.78, 5) is 22.3. The Hall–Kier alpha value is -2.41. The number of amides is 1. The average Bonchev–Trinajstić information content (AvgIpc) is 2.50. The fourth-order valence-corrected chi connectivity index (χ4v) is 2.28. The molecule has 6 nitrogen and oxygen atoms in total. The summed E-state index contributed by atoms with van der Waals surface area (Å²) in [6, 6.07) is 9.76. The summed E-state index contributed by atoms with van der Waals surface area (Å²) in [6.45, 7) is 3.70. The molecule has 2 rings (SSSR count). The minimum absolute atomic E-state index is 0.0982. The number of ether oxygens (including phenoxy) is 1. The van der Waals surface area contributed by atoms with E-state index in [-0.39, 0.29) is 12.3 Å². The van der Waals surface area contributed by atoms with E-state index in [0.717, 1.165) is 11.1 Å². The highest BCUT2D eigenvalue weighted by molar-refractivity contribution is 9.10. The van der Waals surface area contributed by atoms with Gasteiger partial charge in [-0.15, -0.1) is 0 Å². The largest absolute Gasteiger partial charge is 0.483 e. The van der Waals surface area contributed by atoms with Crippen molar-refractivity contribution >= 4 is 33.2 Å². The Morgan fingerprint density at radius 2 is 2.04 bits per heavy atom. The Bertz CT molecular complexity index is 762. The molecule has 2 aromatic carbocycles. The molecule has 0 aliphatic carbocycles. The number of anilines is 1. The second kappa shape index (κ2) is 7.23. The van der Waals surface area contributed by atoms with Gasteiger partial charge >= 0.3 is 0 Å². The summed E-state index contributed by atoms with van der Waals surface area (Å²) in [5.74, 6) is 0.241. The van der Waals surface area contributed by atoms with E-state index in [4.69, 9.17) is 4.74 Å². The van der Waals surface area contributed by atoms with Crippen LogP contribution in [0.4, 0.5) is 11.4 Å². The number of nitrogens with one attached hydrogen (secondary N) is 1. The van der Waals surface area contributed by atoms with Crippen molar-refractivity contribution in [1.29, 1.82) is 0 Å². The molecule has 0 aromatic heterocycles. The monoisotopic (exact) mass is 378 g/mol. The van der Waals surface area contributed by atoms with Crippen molar-refractivity contribution in [1.82, 2.24) is 0 Å². The maximum Gasteiger partial charge on any atom is 0.271 e. The summed E-state index contributed by atoms with van der Waals surface area (Å²) >= 11 is 3.25. The number of nitro benzene ring substituents is 1. The Balaban J connectivity index is 2.04. The van der Waals surface area contributed by atoms with Gasteiger partial charge in [0.25, 0.3) is 11.6 Å². The zero-order chi connectivity index (χ0) is 17.0. The van der Waals surface area contributed by atoms with Crippen LogP contribution in [0.15, 0.2) is 40.9 Å². The van der Waals surface area contributed by atoms with Crippen molar-refractivity contribution in [2.24, 2.45) is 0 Å². The summed E-state index contributed by atoms with van der Waals surface area (Å²) < 4.78 is 6.07. The lowest BCUT2D eigenvalue weighted by atomic mass is 10.1. The molecule has 7 heteroatoms. The van der Waals surface area contributed by atoms with Crippen molar-refractivity contribution in [2.75, 3.05) is 11.9 Å². The van der Waals surface area contributed by atoms with Crippen LogP contribution in [0.2, 0.25) is 0 Å². The van der Waals surface area contributed by atoms with Crippen molar-refractivity contribution in [3.63, 3.8) is 0 Å². The SMILES string of the molecule is Cc1cccc(OCC(=O)Nc2cc([N+](=O)[O-])ccc2Br)c1C. The van der Waals surface area contributed by atoms with Gasteiger partial charge < -0.3 is 10.1 Å². The predicted molar refractivity (Wildman–Crippen MR) is 90.8 cm³/mol. The Morgan fingerprint density at radius 1 is 1.30 bits per heavy atom. The Labute approximate surface area is 141 Å². The van der Waals surface area contributed by atoms with Gasteiger partial charge in [-0.1, -0.05) is 12.1 Å². The highest BCUT2D eigenvalue weighted by Crippen LogP contribution is 2.27. The first-order valence-corrected chi connectivity index (χ1v) is 7.60. The fourth-order valence-electron chi connectivity index (χ4n) is 1.93. The molecule has 0 radical (unpaired) electrons. The summed E-state index contributed by atoms with van der Waals surface area (Å²) in [6.07, 6.45) is 0. The molecule has 0 bridgehead atoms. The third kappa shape index (κ3) is 4.29. The lowest BCUT2D eigenvalue weighted by Crippen LogP contribution is -2.20. The smallest absolute Gasteiger partial charge is 0.271 e. The van der Waals surface area contributed by atoms with Gasteiger partial charge in [0, 0.05) is 16.6 Å². The van der Waals surface area contributed by atoms with E-state index in [9.17, 15) is 14.9 Å². The molecule has 23 heavy (non-hydrogen) atoms. The number of rotatable bonds is 5. The topological polar surface area (TPSA) is 81.5 Å². The molecule has 0 atom stereocenters. The molecule has 0 aliphatic heterocycles. The lowest BCUT2D eigenvalue weighted by Gasteiger charge is -2.11. The Kier molecular flexibility index (Phi) is 5.33. The summed E-state index contributed by atoms with van der Waals surface area (Å²) in [5, 5.41) is 13.4.